The molecule has 2 atom stereocenters. The van der Waals surface area contributed by atoms with Gasteiger partial charge in [-0.05, 0) is 63.1 Å². The molecule has 2 nitrogen and oxygen atoms in total. The molecule has 17 heavy (non-hydrogen) atoms. The van der Waals surface area contributed by atoms with Gasteiger partial charge in [-0.25, -0.2) is 4.98 Å². The van der Waals surface area contributed by atoms with Crippen LogP contribution in [0.25, 0.3) is 0 Å². The number of hydrogen-bond acceptors (Lipinski definition) is 2. The van der Waals surface area contributed by atoms with E-state index in [1.54, 1.807) is 0 Å². The zero-order valence-electron chi connectivity index (χ0n) is 9.70. The van der Waals surface area contributed by atoms with Crippen LogP contribution in [-0.2, 0) is 0 Å². The van der Waals surface area contributed by atoms with E-state index in [1.165, 1.54) is 38.6 Å². The molecule has 4 heteroatoms. The van der Waals surface area contributed by atoms with Crippen LogP contribution in [0.15, 0.2) is 21.2 Å². The summed E-state index contributed by atoms with van der Waals surface area (Å²) in [5.41, 5.74) is 0. The molecule has 92 valence electrons. The number of aromatic nitrogens is 1. The Balaban J connectivity index is 1.88. The molecule has 1 saturated heterocycles. The number of pyridine rings is 1. The molecule has 0 radical (unpaired) electrons. The Kier molecular flexibility index (Phi) is 3.44. The third kappa shape index (κ3) is 2.26. The van der Waals surface area contributed by atoms with Gasteiger partial charge < -0.3 is 4.90 Å². The molecule has 1 aromatic heterocycles. The maximum absolute atomic E-state index is 4.58. The van der Waals surface area contributed by atoms with Gasteiger partial charge in [0.05, 0.1) is 4.47 Å². The molecular weight excluding hydrogens is 344 g/mol. The number of fused-ring (bicyclic) bond motifs is 1. The number of anilines is 1. The first-order chi connectivity index (χ1) is 8.25. The monoisotopic (exact) mass is 358 g/mol. The molecule has 2 fully saturated rings. The molecule has 3 rings (SSSR count). The number of hydrogen-bond donors (Lipinski definition) is 0. The Morgan fingerprint density at radius 3 is 2.82 bits per heavy atom. The van der Waals surface area contributed by atoms with Gasteiger partial charge in [0.1, 0.15) is 5.82 Å². The summed E-state index contributed by atoms with van der Waals surface area (Å²) >= 11 is 7.10. The van der Waals surface area contributed by atoms with Gasteiger partial charge in [0, 0.05) is 23.3 Å². The van der Waals surface area contributed by atoms with Crippen molar-refractivity contribution in [1.82, 2.24) is 4.98 Å². The zero-order chi connectivity index (χ0) is 11.8. The Bertz CT molecular complexity index is 422. The van der Waals surface area contributed by atoms with Gasteiger partial charge in [-0.15, -0.1) is 0 Å². The molecule has 1 aliphatic heterocycles. The van der Waals surface area contributed by atoms with Crippen molar-refractivity contribution in [2.45, 2.75) is 38.1 Å². The highest BCUT2D eigenvalue weighted by Crippen LogP contribution is 2.40. The Labute approximate surface area is 119 Å². The Morgan fingerprint density at radius 2 is 2.00 bits per heavy atom. The number of nitrogens with zero attached hydrogens (tertiary/aromatic N) is 2. The van der Waals surface area contributed by atoms with Crippen LogP contribution in [0.5, 0.6) is 0 Å². The first-order valence-corrected chi connectivity index (χ1v) is 7.92. The van der Waals surface area contributed by atoms with Crippen molar-refractivity contribution in [2.75, 3.05) is 11.4 Å². The van der Waals surface area contributed by atoms with Gasteiger partial charge in [-0.1, -0.05) is 12.8 Å². The summed E-state index contributed by atoms with van der Waals surface area (Å²) in [6.45, 7) is 1.17. The molecular formula is C13H16Br2N2. The van der Waals surface area contributed by atoms with Gasteiger partial charge >= 0.3 is 0 Å². The van der Waals surface area contributed by atoms with E-state index < -0.39 is 0 Å². The van der Waals surface area contributed by atoms with Gasteiger partial charge in [-0.2, -0.15) is 0 Å². The molecule has 1 saturated carbocycles. The number of rotatable bonds is 1. The van der Waals surface area contributed by atoms with Crippen LogP contribution in [0.2, 0.25) is 0 Å². The van der Waals surface area contributed by atoms with E-state index in [0.717, 1.165) is 26.7 Å². The van der Waals surface area contributed by atoms with Crippen molar-refractivity contribution in [3.8, 4) is 0 Å². The van der Waals surface area contributed by atoms with Crippen LogP contribution in [0.3, 0.4) is 0 Å². The van der Waals surface area contributed by atoms with E-state index in [2.05, 4.69) is 47.8 Å². The Hall–Kier alpha value is -0.0900. The minimum absolute atomic E-state index is 0.730. The van der Waals surface area contributed by atoms with Crippen LogP contribution < -0.4 is 4.90 Å². The first-order valence-electron chi connectivity index (χ1n) is 6.33. The maximum atomic E-state index is 4.58. The van der Waals surface area contributed by atoms with Crippen LogP contribution in [0, 0.1) is 5.92 Å². The normalized spacial score (nSPS) is 28.2. The second kappa shape index (κ2) is 4.88. The van der Waals surface area contributed by atoms with E-state index in [-0.39, 0.29) is 0 Å². The molecule has 0 N–H and O–H groups in total. The summed E-state index contributed by atoms with van der Waals surface area (Å²) in [7, 11) is 0. The van der Waals surface area contributed by atoms with Crippen molar-refractivity contribution >= 4 is 37.7 Å². The van der Waals surface area contributed by atoms with E-state index in [1.807, 2.05) is 6.20 Å². The molecule has 2 aliphatic rings. The molecule has 0 bridgehead atoms. The highest BCUT2D eigenvalue weighted by Gasteiger charge is 2.36. The SMILES string of the molecule is Brc1cnc(N2CCC3CCCCC32)c(Br)c1. The van der Waals surface area contributed by atoms with Crippen molar-refractivity contribution < 1.29 is 0 Å². The lowest BCUT2D eigenvalue weighted by Crippen LogP contribution is -2.35. The fourth-order valence-corrected chi connectivity index (χ4v) is 4.50. The molecule has 1 aromatic rings. The smallest absolute Gasteiger partial charge is 0.143 e. The third-order valence-corrected chi connectivity index (χ3v) is 5.09. The van der Waals surface area contributed by atoms with Crippen molar-refractivity contribution in [3.05, 3.63) is 21.2 Å². The van der Waals surface area contributed by atoms with Crippen molar-refractivity contribution in [1.29, 1.82) is 0 Å². The summed E-state index contributed by atoms with van der Waals surface area (Å²) in [4.78, 5) is 7.10. The highest BCUT2D eigenvalue weighted by atomic mass is 79.9. The highest BCUT2D eigenvalue weighted by molar-refractivity contribution is 9.11. The van der Waals surface area contributed by atoms with E-state index in [0.29, 0.717) is 0 Å². The summed E-state index contributed by atoms with van der Waals surface area (Å²) < 4.78 is 2.14. The van der Waals surface area contributed by atoms with E-state index in [9.17, 15) is 0 Å². The topological polar surface area (TPSA) is 16.1 Å². The quantitative estimate of drug-likeness (QED) is 0.739. The lowest BCUT2D eigenvalue weighted by molar-refractivity contribution is 0.341. The van der Waals surface area contributed by atoms with Gasteiger partial charge in [-0.3, -0.25) is 0 Å². The average Bonchev–Trinajstić information content (AvgIpc) is 2.73. The van der Waals surface area contributed by atoms with Crippen molar-refractivity contribution in [3.63, 3.8) is 0 Å². The predicted molar refractivity (Wildman–Crippen MR) is 77.3 cm³/mol. The molecule has 1 aliphatic carbocycles. The molecule has 2 unspecified atom stereocenters. The minimum Gasteiger partial charge on any atom is -0.352 e. The van der Waals surface area contributed by atoms with Gasteiger partial charge in [0.25, 0.3) is 0 Å². The fraction of sp³-hybridized carbons (Fsp3) is 0.615. The largest absolute Gasteiger partial charge is 0.352 e. The molecule has 0 aromatic carbocycles. The standard InChI is InChI=1S/C13H16Br2N2/c14-10-7-11(15)13(16-8-10)17-6-5-9-3-1-2-4-12(9)17/h7-9,12H,1-6H2. The van der Waals surface area contributed by atoms with Crippen LogP contribution in [-0.4, -0.2) is 17.6 Å². The molecule has 2 heterocycles. The maximum Gasteiger partial charge on any atom is 0.143 e. The van der Waals surface area contributed by atoms with Crippen molar-refractivity contribution in [2.24, 2.45) is 5.92 Å². The van der Waals surface area contributed by atoms with Crippen LogP contribution in [0.4, 0.5) is 5.82 Å². The molecule has 0 spiro atoms. The second-order valence-corrected chi connectivity index (χ2v) is 6.82. The summed E-state index contributed by atoms with van der Waals surface area (Å²) in [6, 6.07) is 2.83. The summed E-state index contributed by atoms with van der Waals surface area (Å²) in [5, 5.41) is 0. The van der Waals surface area contributed by atoms with Gasteiger partial charge in [0.2, 0.25) is 0 Å². The van der Waals surface area contributed by atoms with Crippen LogP contribution >= 0.6 is 31.9 Å². The zero-order valence-corrected chi connectivity index (χ0v) is 12.9. The summed E-state index contributed by atoms with van der Waals surface area (Å²) in [5.74, 6) is 2.03. The van der Waals surface area contributed by atoms with Crippen LogP contribution in [0.1, 0.15) is 32.1 Å². The predicted octanol–water partition coefficient (Wildman–Crippen LogP) is 4.38. The van der Waals surface area contributed by atoms with E-state index >= 15 is 0 Å². The van der Waals surface area contributed by atoms with Gasteiger partial charge in [0.15, 0.2) is 0 Å². The summed E-state index contributed by atoms with van der Waals surface area (Å²) in [6.07, 6.45) is 8.80. The lowest BCUT2D eigenvalue weighted by Gasteiger charge is -2.32. The first kappa shape index (κ1) is 12.0. The minimum atomic E-state index is 0.730. The average molecular weight is 360 g/mol. The Morgan fingerprint density at radius 1 is 1.18 bits per heavy atom. The number of halogens is 2. The lowest BCUT2D eigenvalue weighted by atomic mass is 9.85. The third-order valence-electron chi connectivity index (χ3n) is 4.07. The molecule has 0 amide bonds. The second-order valence-electron chi connectivity index (χ2n) is 5.05. The fourth-order valence-electron chi connectivity index (χ4n) is 3.29. The van der Waals surface area contributed by atoms with E-state index in [4.69, 9.17) is 0 Å².